The van der Waals surface area contributed by atoms with Crippen LogP contribution in [-0.4, -0.2) is 17.6 Å². The summed E-state index contributed by atoms with van der Waals surface area (Å²) in [7, 11) is 0. The fourth-order valence-corrected chi connectivity index (χ4v) is 2.41. The summed E-state index contributed by atoms with van der Waals surface area (Å²) in [4.78, 5) is 16.0. The Balaban J connectivity index is 2.27. The first-order valence-corrected chi connectivity index (χ1v) is 6.22. The standard InChI is InChI=1S/C13H19NO3/c1-4-16-11(15)10-9(2)14-12(17-10)13(3)7-5-6-8-13/h4-8H2,1-3H3. The van der Waals surface area contributed by atoms with Crippen molar-refractivity contribution in [1.29, 1.82) is 0 Å². The van der Waals surface area contributed by atoms with Gasteiger partial charge >= 0.3 is 5.97 Å². The molecule has 1 aliphatic rings. The fourth-order valence-electron chi connectivity index (χ4n) is 2.41. The van der Waals surface area contributed by atoms with Crippen molar-refractivity contribution in [3.8, 4) is 0 Å². The summed E-state index contributed by atoms with van der Waals surface area (Å²) in [5, 5.41) is 0. The summed E-state index contributed by atoms with van der Waals surface area (Å²) >= 11 is 0. The van der Waals surface area contributed by atoms with Crippen molar-refractivity contribution in [2.45, 2.75) is 51.9 Å². The van der Waals surface area contributed by atoms with E-state index in [0.717, 1.165) is 12.8 Å². The average Bonchev–Trinajstić information content (AvgIpc) is 2.86. The largest absolute Gasteiger partial charge is 0.460 e. The summed E-state index contributed by atoms with van der Waals surface area (Å²) in [6.45, 7) is 6.08. The van der Waals surface area contributed by atoms with Crippen LogP contribution in [-0.2, 0) is 10.2 Å². The molecule has 1 fully saturated rings. The molecule has 0 saturated heterocycles. The Labute approximate surface area is 101 Å². The Morgan fingerprint density at radius 2 is 2.12 bits per heavy atom. The van der Waals surface area contributed by atoms with Crippen molar-refractivity contribution in [1.82, 2.24) is 4.98 Å². The number of nitrogens with zero attached hydrogens (tertiary/aromatic N) is 1. The van der Waals surface area contributed by atoms with Gasteiger partial charge in [0.05, 0.1) is 12.3 Å². The summed E-state index contributed by atoms with van der Waals surface area (Å²) in [6, 6.07) is 0. The summed E-state index contributed by atoms with van der Waals surface area (Å²) in [5.41, 5.74) is 0.627. The first-order chi connectivity index (χ1) is 8.07. The number of hydrogen-bond acceptors (Lipinski definition) is 4. The van der Waals surface area contributed by atoms with Crippen LogP contribution in [0.25, 0.3) is 0 Å². The van der Waals surface area contributed by atoms with Crippen molar-refractivity contribution in [3.05, 3.63) is 17.3 Å². The molecule has 4 nitrogen and oxygen atoms in total. The molecule has 1 aromatic heterocycles. The highest BCUT2D eigenvalue weighted by molar-refractivity contribution is 5.87. The molecule has 0 spiro atoms. The number of carbonyl (C=O) groups excluding carboxylic acids is 1. The molecule has 0 atom stereocenters. The van der Waals surface area contributed by atoms with Gasteiger partial charge in [0, 0.05) is 5.41 Å². The van der Waals surface area contributed by atoms with Crippen LogP contribution in [0.2, 0.25) is 0 Å². The third kappa shape index (κ3) is 2.21. The minimum absolute atomic E-state index is 0.00446. The topological polar surface area (TPSA) is 52.3 Å². The summed E-state index contributed by atoms with van der Waals surface area (Å²) < 4.78 is 10.6. The molecule has 1 aromatic rings. The number of aryl methyl sites for hydroxylation is 1. The molecule has 0 amide bonds. The quantitative estimate of drug-likeness (QED) is 0.758. The Morgan fingerprint density at radius 3 is 2.71 bits per heavy atom. The third-order valence-electron chi connectivity index (χ3n) is 3.48. The molecule has 1 saturated carbocycles. The second kappa shape index (κ2) is 4.51. The molecule has 0 unspecified atom stereocenters. The number of ether oxygens (including phenoxy) is 1. The molecule has 0 bridgehead atoms. The van der Waals surface area contributed by atoms with E-state index in [1.807, 2.05) is 0 Å². The number of hydrogen-bond donors (Lipinski definition) is 0. The van der Waals surface area contributed by atoms with Crippen molar-refractivity contribution in [2.24, 2.45) is 0 Å². The predicted octanol–water partition coefficient (Wildman–Crippen LogP) is 2.99. The minimum atomic E-state index is -0.412. The average molecular weight is 237 g/mol. The van der Waals surface area contributed by atoms with Crippen LogP contribution in [0.5, 0.6) is 0 Å². The molecular weight excluding hydrogens is 218 g/mol. The van der Waals surface area contributed by atoms with Crippen molar-refractivity contribution in [3.63, 3.8) is 0 Å². The molecule has 0 aromatic carbocycles. The molecule has 1 heterocycles. The lowest BCUT2D eigenvalue weighted by Gasteiger charge is -2.18. The molecule has 0 N–H and O–H groups in total. The number of oxazole rings is 1. The molecule has 0 aliphatic heterocycles. The molecule has 94 valence electrons. The predicted molar refractivity (Wildman–Crippen MR) is 63.0 cm³/mol. The summed E-state index contributed by atoms with van der Waals surface area (Å²) in [6.07, 6.45) is 4.56. The highest BCUT2D eigenvalue weighted by atomic mass is 16.5. The van der Waals surface area contributed by atoms with Gasteiger partial charge in [-0.15, -0.1) is 0 Å². The van der Waals surface area contributed by atoms with Crippen LogP contribution in [0.15, 0.2) is 4.42 Å². The minimum Gasteiger partial charge on any atom is -0.460 e. The van der Waals surface area contributed by atoms with Crippen LogP contribution in [0, 0.1) is 6.92 Å². The van der Waals surface area contributed by atoms with Gasteiger partial charge in [0.15, 0.2) is 0 Å². The van der Waals surface area contributed by atoms with E-state index in [9.17, 15) is 4.79 Å². The van der Waals surface area contributed by atoms with Gasteiger partial charge in [-0.3, -0.25) is 0 Å². The lowest BCUT2D eigenvalue weighted by atomic mass is 9.89. The highest BCUT2D eigenvalue weighted by Gasteiger charge is 2.36. The van der Waals surface area contributed by atoms with E-state index in [0.29, 0.717) is 18.2 Å². The SMILES string of the molecule is CCOC(=O)c1oc(C2(C)CCCC2)nc1C. The zero-order valence-corrected chi connectivity index (χ0v) is 10.7. The lowest BCUT2D eigenvalue weighted by Crippen LogP contribution is -2.17. The van der Waals surface area contributed by atoms with E-state index in [1.54, 1.807) is 13.8 Å². The van der Waals surface area contributed by atoms with Crippen LogP contribution in [0.1, 0.15) is 61.7 Å². The van der Waals surface area contributed by atoms with Crippen LogP contribution in [0.3, 0.4) is 0 Å². The van der Waals surface area contributed by atoms with E-state index in [4.69, 9.17) is 9.15 Å². The van der Waals surface area contributed by atoms with E-state index >= 15 is 0 Å². The number of carbonyl (C=O) groups is 1. The highest BCUT2D eigenvalue weighted by Crippen LogP contribution is 2.40. The second-order valence-corrected chi connectivity index (χ2v) is 4.92. The normalized spacial score (nSPS) is 18.3. The van der Waals surface area contributed by atoms with Crippen molar-refractivity contribution >= 4 is 5.97 Å². The molecular formula is C13H19NO3. The van der Waals surface area contributed by atoms with Gasteiger partial charge < -0.3 is 9.15 Å². The van der Waals surface area contributed by atoms with Crippen molar-refractivity contribution < 1.29 is 13.9 Å². The molecule has 2 rings (SSSR count). The smallest absolute Gasteiger partial charge is 0.376 e. The molecule has 4 heteroatoms. The number of rotatable bonds is 3. The lowest BCUT2D eigenvalue weighted by molar-refractivity contribution is 0.0484. The van der Waals surface area contributed by atoms with Gasteiger partial charge in [-0.05, 0) is 26.7 Å². The Morgan fingerprint density at radius 1 is 1.47 bits per heavy atom. The number of aromatic nitrogens is 1. The first kappa shape index (κ1) is 12.1. The van der Waals surface area contributed by atoms with E-state index in [2.05, 4.69) is 11.9 Å². The van der Waals surface area contributed by atoms with Gasteiger partial charge in [0.25, 0.3) is 0 Å². The van der Waals surface area contributed by atoms with Crippen LogP contribution >= 0.6 is 0 Å². The fraction of sp³-hybridized carbons (Fsp3) is 0.692. The maximum atomic E-state index is 11.6. The molecule has 0 radical (unpaired) electrons. The first-order valence-electron chi connectivity index (χ1n) is 6.22. The van der Waals surface area contributed by atoms with Crippen molar-refractivity contribution in [2.75, 3.05) is 6.61 Å². The maximum Gasteiger partial charge on any atom is 0.376 e. The number of esters is 1. The maximum absolute atomic E-state index is 11.6. The van der Waals surface area contributed by atoms with Gasteiger partial charge in [-0.2, -0.15) is 0 Å². The molecule has 17 heavy (non-hydrogen) atoms. The Hall–Kier alpha value is -1.32. The van der Waals surface area contributed by atoms with Gasteiger partial charge in [-0.1, -0.05) is 19.8 Å². The van der Waals surface area contributed by atoms with Crippen LogP contribution in [0.4, 0.5) is 0 Å². The zero-order valence-electron chi connectivity index (χ0n) is 10.7. The second-order valence-electron chi connectivity index (χ2n) is 4.92. The molecule has 1 aliphatic carbocycles. The van der Waals surface area contributed by atoms with E-state index in [1.165, 1.54) is 12.8 Å². The van der Waals surface area contributed by atoms with E-state index < -0.39 is 5.97 Å². The van der Waals surface area contributed by atoms with Crippen LogP contribution < -0.4 is 0 Å². The van der Waals surface area contributed by atoms with E-state index in [-0.39, 0.29) is 11.2 Å². The zero-order chi connectivity index (χ0) is 12.5. The summed E-state index contributed by atoms with van der Waals surface area (Å²) in [5.74, 6) is 0.538. The van der Waals surface area contributed by atoms with Gasteiger partial charge in [-0.25, -0.2) is 9.78 Å². The van der Waals surface area contributed by atoms with Gasteiger partial charge in [0.1, 0.15) is 0 Å². The Kier molecular flexibility index (Phi) is 3.22. The third-order valence-corrected chi connectivity index (χ3v) is 3.48. The monoisotopic (exact) mass is 237 g/mol. The Bertz CT molecular complexity index is 416. The van der Waals surface area contributed by atoms with Gasteiger partial charge in [0.2, 0.25) is 11.7 Å².